The quantitative estimate of drug-likeness (QED) is 0.774. The summed E-state index contributed by atoms with van der Waals surface area (Å²) in [5, 5.41) is 9.87. The Labute approximate surface area is 87.3 Å². The van der Waals surface area contributed by atoms with Gasteiger partial charge in [0.25, 0.3) is 0 Å². The first-order valence-corrected chi connectivity index (χ1v) is 5.75. The molecule has 3 heteroatoms. The molecule has 1 aromatic rings. The van der Waals surface area contributed by atoms with Crippen molar-refractivity contribution in [2.24, 2.45) is 0 Å². The Morgan fingerprint density at radius 1 is 1.43 bits per heavy atom. The highest BCUT2D eigenvalue weighted by Gasteiger charge is 2.41. The first-order valence-electron chi connectivity index (χ1n) is 4.76. The second-order valence-electron chi connectivity index (χ2n) is 3.60. The summed E-state index contributed by atoms with van der Waals surface area (Å²) < 4.78 is 12.0. The summed E-state index contributed by atoms with van der Waals surface area (Å²) in [7, 11) is 0. The van der Waals surface area contributed by atoms with Crippen LogP contribution in [-0.2, 0) is 5.60 Å². The Kier molecular flexibility index (Phi) is 2.79. The van der Waals surface area contributed by atoms with Gasteiger partial charge >= 0.3 is 0 Å². The predicted octanol–water partition coefficient (Wildman–Crippen LogP) is 2.73. The van der Waals surface area contributed by atoms with Crippen LogP contribution in [0.1, 0.15) is 18.4 Å². The van der Waals surface area contributed by atoms with E-state index in [9.17, 15) is 9.50 Å². The number of benzene rings is 1. The van der Waals surface area contributed by atoms with E-state index in [1.807, 2.05) is 24.3 Å². The van der Waals surface area contributed by atoms with Crippen molar-refractivity contribution in [2.45, 2.75) is 23.3 Å². The van der Waals surface area contributed by atoms with Gasteiger partial charge in [0.1, 0.15) is 0 Å². The maximum Gasteiger partial charge on any atom is 0.0988 e. The fraction of sp³-hybridized carbons (Fsp3) is 0.455. The molecule has 0 spiro atoms. The van der Waals surface area contributed by atoms with E-state index in [0.29, 0.717) is 5.75 Å². The molecule has 1 fully saturated rings. The Morgan fingerprint density at radius 2 is 2.21 bits per heavy atom. The van der Waals surface area contributed by atoms with E-state index in [1.165, 1.54) is 11.8 Å². The smallest absolute Gasteiger partial charge is 0.0988 e. The van der Waals surface area contributed by atoms with Crippen LogP contribution in [0, 0.1) is 0 Å². The van der Waals surface area contributed by atoms with Gasteiger partial charge in [0, 0.05) is 10.6 Å². The van der Waals surface area contributed by atoms with Crippen molar-refractivity contribution >= 4 is 11.8 Å². The average molecular weight is 212 g/mol. The van der Waals surface area contributed by atoms with E-state index >= 15 is 0 Å². The topological polar surface area (TPSA) is 20.2 Å². The van der Waals surface area contributed by atoms with Crippen molar-refractivity contribution in [3.05, 3.63) is 29.8 Å². The normalized spacial score (nSPS) is 18.1. The molecule has 1 aromatic carbocycles. The number of hydrogen-bond acceptors (Lipinski definition) is 2. The summed E-state index contributed by atoms with van der Waals surface area (Å²) in [6.07, 6.45) is 1.70. The number of hydrogen-bond donors (Lipinski definition) is 1. The lowest BCUT2D eigenvalue weighted by atomic mass is 10.1. The predicted molar refractivity (Wildman–Crippen MR) is 56.3 cm³/mol. The number of thioether (sulfide) groups is 1. The van der Waals surface area contributed by atoms with E-state index in [2.05, 4.69) is 0 Å². The fourth-order valence-electron chi connectivity index (χ4n) is 1.44. The van der Waals surface area contributed by atoms with E-state index in [-0.39, 0.29) is 6.67 Å². The van der Waals surface area contributed by atoms with Gasteiger partial charge in [-0.3, -0.25) is 4.39 Å². The first kappa shape index (κ1) is 9.99. The number of rotatable bonds is 4. The summed E-state index contributed by atoms with van der Waals surface area (Å²) in [4.78, 5) is 1.04. The molecule has 0 aliphatic heterocycles. The zero-order valence-electron chi connectivity index (χ0n) is 7.87. The molecule has 0 amide bonds. The molecule has 14 heavy (non-hydrogen) atoms. The third-order valence-electron chi connectivity index (χ3n) is 2.44. The lowest BCUT2D eigenvalue weighted by Crippen LogP contribution is -2.03. The van der Waals surface area contributed by atoms with Crippen LogP contribution in [-0.4, -0.2) is 17.5 Å². The van der Waals surface area contributed by atoms with E-state index in [1.54, 1.807) is 0 Å². The molecule has 0 atom stereocenters. The molecule has 0 saturated heterocycles. The molecule has 0 unspecified atom stereocenters. The summed E-state index contributed by atoms with van der Waals surface area (Å²) in [6, 6.07) is 7.78. The maximum absolute atomic E-state index is 12.0. The highest BCUT2D eigenvalue weighted by molar-refractivity contribution is 7.99. The van der Waals surface area contributed by atoms with Crippen molar-refractivity contribution in [1.29, 1.82) is 0 Å². The maximum atomic E-state index is 12.0. The lowest BCUT2D eigenvalue weighted by molar-refractivity contribution is 0.151. The van der Waals surface area contributed by atoms with Crippen molar-refractivity contribution in [2.75, 3.05) is 12.4 Å². The molecule has 0 bridgehead atoms. The second-order valence-corrected chi connectivity index (χ2v) is 4.77. The van der Waals surface area contributed by atoms with Crippen molar-refractivity contribution in [1.82, 2.24) is 0 Å². The van der Waals surface area contributed by atoms with Crippen LogP contribution in [0.4, 0.5) is 4.39 Å². The van der Waals surface area contributed by atoms with Crippen molar-refractivity contribution < 1.29 is 9.50 Å². The van der Waals surface area contributed by atoms with Gasteiger partial charge in [-0.1, -0.05) is 12.1 Å². The molecule has 0 heterocycles. The van der Waals surface area contributed by atoms with Crippen LogP contribution in [0.15, 0.2) is 29.2 Å². The average Bonchev–Trinajstić information content (AvgIpc) is 2.95. The molecule has 1 aliphatic rings. The first-order chi connectivity index (χ1) is 6.74. The molecule has 2 rings (SSSR count). The van der Waals surface area contributed by atoms with Crippen LogP contribution in [0.5, 0.6) is 0 Å². The molecule has 0 aromatic heterocycles. The molecule has 1 nitrogen and oxygen atoms in total. The second kappa shape index (κ2) is 3.91. The van der Waals surface area contributed by atoms with Gasteiger partial charge in [-0.05, 0) is 30.5 Å². The molecule has 76 valence electrons. The highest BCUT2D eigenvalue weighted by atomic mass is 32.2. The highest BCUT2D eigenvalue weighted by Crippen LogP contribution is 2.45. The van der Waals surface area contributed by atoms with E-state index < -0.39 is 5.60 Å². The Bertz CT molecular complexity index is 323. The molecule has 1 N–H and O–H groups in total. The minimum atomic E-state index is -0.577. The standard InChI is InChI=1S/C11H13FOS/c12-6-7-14-10-3-1-2-9(8-10)11(13)4-5-11/h1-3,8,13H,4-7H2. The number of alkyl halides is 1. The van der Waals surface area contributed by atoms with Crippen molar-refractivity contribution in [3.8, 4) is 0 Å². The Hall–Kier alpha value is -0.540. The largest absolute Gasteiger partial charge is 0.385 e. The van der Waals surface area contributed by atoms with Gasteiger partial charge in [0.2, 0.25) is 0 Å². The minimum absolute atomic E-state index is 0.306. The van der Waals surface area contributed by atoms with Crippen LogP contribution in [0.3, 0.4) is 0 Å². The van der Waals surface area contributed by atoms with Gasteiger partial charge in [0.15, 0.2) is 0 Å². The molecule has 1 saturated carbocycles. The minimum Gasteiger partial charge on any atom is -0.385 e. The summed E-state index contributed by atoms with van der Waals surface area (Å²) in [6.45, 7) is -0.306. The number of aliphatic hydroxyl groups is 1. The monoisotopic (exact) mass is 212 g/mol. The van der Waals surface area contributed by atoms with E-state index in [4.69, 9.17) is 0 Å². The summed E-state index contributed by atoms with van der Waals surface area (Å²) >= 11 is 1.49. The van der Waals surface area contributed by atoms with Crippen LogP contribution in [0.25, 0.3) is 0 Å². The molecule has 1 aliphatic carbocycles. The van der Waals surface area contributed by atoms with Gasteiger partial charge in [-0.2, -0.15) is 0 Å². The van der Waals surface area contributed by atoms with Crippen LogP contribution < -0.4 is 0 Å². The van der Waals surface area contributed by atoms with Gasteiger partial charge in [0.05, 0.1) is 12.3 Å². The third-order valence-corrected chi connectivity index (χ3v) is 3.39. The van der Waals surface area contributed by atoms with E-state index in [0.717, 1.165) is 23.3 Å². The summed E-state index contributed by atoms with van der Waals surface area (Å²) in [5.74, 6) is 0.488. The lowest BCUT2D eigenvalue weighted by Gasteiger charge is -2.09. The van der Waals surface area contributed by atoms with Gasteiger partial charge in [-0.15, -0.1) is 11.8 Å². The number of halogens is 1. The molecular formula is C11H13FOS. The van der Waals surface area contributed by atoms with Gasteiger partial charge < -0.3 is 5.11 Å². The summed E-state index contributed by atoms with van der Waals surface area (Å²) in [5.41, 5.74) is 0.396. The van der Waals surface area contributed by atoms with Crippen molar-refractivity contribution in [3.63, 3.8) is 0 Å². The van der Waals surface area contributed by atoms with Gasteiger partial charge in [-0.25, -0.2) is 0 Å². The van der Waals surface area contributed by atoms with Crippen LogP contribution in [0.2, 0.25) is 0 Å². The zero-order chi connectivity index (χ0) is 10.0. The molecular weight excluding hydrogens is 199 g/mol. The third kappa shape index (κ3) is 2.10. The fourth-order valence-corrected chi connectivity index (χ4v) is 2.14. The zero-order valence-corrected chi connectivity index (χ0v) is 8.69. The Morgan fingerprint density at radius 3 is 2.86 bits per heavy atom. The Balaban J connectivity index is 2.11. The molecule has 0 radical (unpaired) electrons. The van der Waals surface area contributed by atoms with Crippen LogP contribution >= 0.6 is 11.8 Å². The SMILES string of the molecule is OC1(c2cccc(SCCF)c2)CC1.